The third-order valence-electron chi connectivity index (χ3n) is 1.22. The largest absolute Gasteiger partial charge is 0.204 e. The lowest BCUT2D eigenvalue weighted by Gasteiger charge is -2.01. The zero-order valence-corrected chi connectivity index (χ0v) is 10.0. The fraction of sp³-hybridized carbons (Fsp3) is 0. The molecule has 1 rings (SSSR count). The Bertz CT molecular complexity index is 348. The Kier molecular flexibility index (Phi) is 3.32. The number of halogens is 4. The molecule has 0 aliphatic heterocycles. The van der Waals surface area contributed by atoms with E-state index in [1.54, 1.807) is 6.07 Å². The van der Waals surface area contributed by atoms with Crippen molar-refractivity contribution in [3.63, 3.8) is 0 Å². The van der Waals surface area contributed by atoms with E-state index in [-0.39, 0.29) is 10.0 Å². The van der Waals surface area contributed by atoms with Gasteiger partial charge in [-0.25, -0.2) is 4.39 Å². The highest BCUT2D eigenvalue weighted by molar-refractivity contribution is 14.1. The van der Waals surface area contributed by atoms with Gasteiger partial charge in [-0.15, -0.1) is 0 Å². The first-order valence-corrected chi connectivity index (χ1v) is 5.06. The summed E-state index contributed by atoms with van der Waals surface area (Å²) in [5, 5.41) is 8.95. The monoisotopic (exact) mass is 359 g/mol. The highest BCUT2D eigenvalue weighted by Crippen LogP contribution is 2.29. The molecule has 0 atom stereocenters. The minimum Gasteiger partial charge on any atom is -0.204 e. The van der Waals surface area contributed by atoms with Crippen LogP contribution in [0.1, 0.15) is 5.56 Å². The van der Waals surface area contributed by atoms with E-state index >= 15 is 0 Å². The van der Waals surface area contributed by atoms with Gasteiger partial charge in [0, 0.05) is 0 Å². The van der Waals surface area contributed by atoms with Gasteiger partial charge in [-0.2, -0.15) is 5.26 Å². The second kappa shape index (κ2) is 3.90. The molecule has 62 valence electrons. The van der Waals surface area contributed by atoms with Crippen LogP contribution in [0.25, 0.3) is 0 Å². The van der Waals surface area contributed by atoms with E-state index in [9.17, 15) is 4.39 Å². The molecule has 0 saturated carbocycles. The van der Waals surface area contributed by atoms with Crippen molar-refractivity contribution in [2.75, 3.05) is 0 Å². The van der Waals surface area contributed by atoms with Crippen molar-refractivity contribution in [3.8, 4) is 6.07 Å². The summed E-state index contributed by atoms with van der Waals surface area (Å²) in [6, 6.07) is 3.18. The summed E-state index contributed by atoms with van der Waals surface area (Å²) in [7, 11) is 0. The molecule has 0 bridgehead atoms. The van der Waals surface area contributed by atoms with Crippen molar-refractivity contribution in [1.29, 1.82) is 5.26 Å². The Morgan fingerprint density at radius 2 is 2.25 bits per heavy atom. The summed E-state index contributed by atoms with van der Waals surface area (Å²) in [6.45, 7) is 0. The summed E-state index contributed by atoms with van der Waals surface area (Å²) < 4.78 is 13.8. The minimum atomic E-state index is -0.564. The third kappa shape index (κ3) is 1.73. The first-order chi connectivity index (χ1) is 5.57. The molecule has 0 amide bonds. The molecule has 0 radical (unpaired) electrons. The topological polar surface area (TPSA) is 23.8 Å². The maximum Gasteiger partial charge on any atom is 0.156 e. The Morgan fingerprint density at radius 1 is 1.67 bits per heavy atom. The number of nitrogens with zero attached hydrogens (tertiary/aromatic N) is 1. The van der Waals surface area contributed by atoms with Crippen molar-refractivity contribution in [3.05, 3.63) is 30.5 Å². The Balaban J connectivity index is 3.56. The van der Waals surface area contributed by atoms with E-state index < -0.39 is 5.82 Å². The average molecular weight is 360 g/mol. The molecular formula is C7HBrClFIN. The fourth-order valence-corrected chi connectivity index (χ4v) is 1.95. The zero-order chi connectivity index (χ0) is 9.30. The van der Waals surface area contributed by atoms with E-state index in [0.29, 0.717) is 8.59 Å². The second-order valence-electron chi connectivity index (χ2n) is 1.95. The standard InChI is InChI=1S/C7HBrClFIN/c8-4-1-5(9)7(11)3(2-12)6(4)10/h1H. The first-order valence-electron chi connectivity index (χ1n) is 2.81. The molecule has 0 N–H and O–H groups in total. The third-order valence-corrected chi connectivity index (χ3v) is 3.54. The molecule has 0 aromatic heterocycles. The van der Waals surface area contributed by atoms with Gasteiger partial charge in [0.15, 0.2) is 5.82 Å². The van der Waals surface area contributed by atoms with Gasteiger partial charge in [0.05, 0.1) is 13.1 Å². The SMILES string of the molecule is N#Cc1c(F)c(Br)cc(Cl)c1I. The maximum atomic E-state index is 13.1. The van der Waals surface area contributed by atoms with Crippen molar-refractivity contribution in [1.82, 2.24) is 0 Å². The van der Waals surface area contributed by atoms with Crippen molar-refractivity contribution < 1.29 is 4.39 Å². The summed E-state index contributed by atoms with van der Waals surface area (Å²) in [6.07, 6.45) is 0. The molecular weight excluding hydrogens is 359 g/mol. The Morgan fingerprint density at radius 3 is 2.75 bits per heavy atom. The molecule has 0 fully saturated rings. The van der Waals surface area contributed by atoms with Crippen molar-refractivity contribution in [2.45, 2.75) is 0 Å². The maximum absolute atomic E-state index is 13.1. The molecule has 1 nitrogen and oxygen atoms in total. The second-order valence-corrected chi connectivity index (χ2v) is 4.30. The van der Waals surface area contributed by atoms with E-state index in [1.807, 2.05) is 22.6 Å². The summed E-state index contributed by atoms with van der Waals surface area (Å²) in [5.74, 6) is -0.564. The van der Waals surface area contributed by atoms with Crippen LogP contribution in [-0.2, 0) is 0 Å². The summed E-state index contributed by atoms with van der Waals surface area (Å²) in [4.78, 5) is 0. The van der Waals surface area contributed by atoms with E-state index in [4.69, 9.17) is 16.9 Å². The zero-order valence-electron chi connectivity index (χ0n) is 5.54. The molecule has 5 heteroatoms. The first kappa shape index (κ1) is 10.2. The van der Waals surface area contributed by atoms with Crippen LogP contribution in [0.3, 0.4) is 0 Å². The predicted molar refractivity (Wildman–Crippen MR) is 56.5 cm³/mol. The lowest BCUT2D eigenvalue weighted by molar-refractivity contribution is 0.616. The van der Waals surface area contributed by atoms with Crippen LogP contribution in [0, 0.1) is 20.7 Å². The van der Waals surface area contributed by atoms with Crippen LogP contribution in [-0.4, -0.2) is 0 Å². The fourth-order valence-electron chi connectivity index (χ4n) is 0.671. The van der Waals surface area contributed by atoms with Crippen molar-refractivity contribution in [2.24, 2.45) is 0 Å². The van der Waals surface area contributed by atoms with Gasteiger partial charge in [-0.05, 0) is 44.6 Å². The molecule has 1 aromatic carbocycles. The van der Waals surface area contributed by atoms with Crippen LogP contribution >= 0.6 is 50.1 Å². The quantitative estimate of drug-likeness (QED) is 0.511. The molecule has 0 aliphatic carbocycles. The van der Waals surface area contributed by atoms with Gasteiger partial charge < -0.3 is 0 Å². The summed E-state index contributed by atoms with van der Waals surface area (Å²) in [5.41, 5.74) is -0.0185. The number of benzene rings is 1. The van der Waals surface area contributed by atoms with Gasteiger partial charge in [0.2, 0.25) is 0 Å². The Labute approximate surface area is 95.8 Å². The van der Waals surface area contributed by atoms with Crippen LogP contribution in [0.2, 0.25) is 5.02 Å². The lowest BCUT2D eigenvalue weighted by atomic mass is 10.2. The predicted octanol–water partition coefficient (Wildman–Crippen LogP) is 3.72. The minimum absolute atomic E-state index is 0.0185. The van der Waals surface area contributed by atoms with Gasteiger partial charge >= 0.3 is 0 Å². The highest BCUT2D eigenvalue weighted by Gasteiger charge is 2.13. The average Bonchev–Trinajstić information content (AvgIpc) is 2.02. The van der Waals surface area contributed by atoms with Crippen LogP contribution in [0.4, 0.5) is 4.39 Å². The van der Waals surface area contributed by atoms with E-state index in [1.165, 1.54) is 6.07 Å². The van der Waals surface area contributed by atoms with E-state index in [2.05, 4.69) is 15.9 Å². The lowest BCUT2D eigenvalue weighted by Crippen LogP contribution is -1.91. The van der Waals surface area contributed by atoms with Crippen LogP contribution in [0.15, 0.2) is 10.5 Å². The molecule has 0 aliphatic rings. The smallest absolute Gasteiger partial charge is 0.156 e. The number of nitriles is 1. The van der Waals surface area contributed by atoms with Gasteiger partial charge in [-0.3, -0.25) is 0 Å². The number of hydrogen-bond donors (Lipinski definition) is 0. The molecule has 0 saturated heterocycles. The van der Waals surface area contributed by atoms with Crippen LogP contribution in [0.5, 0.6) is 0 Å². The van der Waals surface area contributed by atoms with Gasteiger partial charge in [0.25, 0.3) is 0 Å². The van der Waals surface area contributed by atoms with Crippen LogP contribution < -0.4 is 0 Å². The number of rotatable bonds is 0. The normalized spacial score (nSPS) is 9.58. The van der Waals surface area contributed by atoms with E-state index in [0.717, 1.165) is 0 Å². The number of hydrogen-bond acceptors (Lipinski definition) is 1. The van der Waals surface area contributed by atoms with Crippen molar-refractivity contribution >= 4 is 50.1 Å². The highest BCUT2D eigenvalue weighted by atomic mass is 127. The molecule has 12 heavy (non-hydrogen) atoms. The Hall–Kier alpha value is 0.140. The molecule has 0 spiro atoms. The summed E-state index contributed by atoms with van der Waals surface area (Å²) >= 11 is 10.5. The molecule has 0 heterocycles. The molecule has 0 unspecified atom stereocenters. The molecule has 1 aromatic rings. The van der Waals surface area contributed by atoms with Gasteiger partial charge in [0.1, 0.15) is 11.6 Å². The van der Waals surface area contributed by atoms with Gasteiger partial charge in [-0.1, -0.05) is 11.6 Å².